The fourth-order valence-electron chi connectivity index (χ4n) is 0.296. The Bertz CT molecular complexity index is 173. The predicted octanol–water partition coefficient (Wildman–Crippen LogP) is 0.818. The largest absolute Gasteiger partial charge is 0.461 e. The fourth-order valence-corrected chi connectivity index (χ4v) is 0.388. The fraction of sp³-hybridized carbons (Fsp3) is 0.333. The number of carbonyl (C=O) groups excluding carboxylic acids is 1. The Morgan fingerprint density at radius 2 is 2.60 bits per heavy atom. The molecule has 10 heavy (non-hydrogen) atoms. The van der Waals surface area contributed by atoms with Crippen molar-refractivity contribution in [2.45, 2.75) is 0 Å². The van der Waals surface area contributed by atoms with Gasteiger partial charge in [-0.15, -0.1) is 0 Å². The van der Waals surface area contributed by atoms with E-state index in [1.165, 1.54) is 0 Å². The molecule has 0 spiro atoms. The first-order valence-corrected chi connectivity index (χ1v) is 3.05. The molecule has 0 atom stereocenters. The zero-order chi connectivity index (χ0) is 7.82. The molecule has 54 valence electrons. The zero-order valence-corrected chi connectivity index (χ0v) is 6.19. The van der Waals surface area contributed by atoms with Gasteiger partial charge in [0.05, 0.1) is 11.7 Å². The molecule has 0 aromatic carbocycles. The highest BCUT2D eigenvalue weighted by Crippen LogP contribution is 1.78. The van der Waals surface area contributed by atoms with E-state index in [4.69, 9.17) is 0 Å². The van der Waals surface area contributed by atoms with Crippen LogP contribution in [0.1, 0.15) is 0 Å². The number of isothiocyanates is 1. The molecule has 0 saturated carbocycles. The average molecular weight is 157 g/mol. The van der Waals surface area contributed by atoms with Gasteiger partial charge in [-0.2, -0.15) is 0 Å². The van der Waals surface area contributed by atoms with E-state index in [9.17, 15) is 4.79 Å². The predicted molar refractivity (Wildman–Crippen MR) is 41.0 cm³/mol. The lowest BCUT2D eigenvalue weighted by Gasteiger charge is -1.94. The highest BCUT2D eigenvalue weighted by Gasteiger charge is 1.91. The van der Waals surface area contributed by atoms with Crippen LogP contribution < -0.4 is 0 Å². The summed E-state index contributed by atoms with van der Waals surface area (Å²) in [5, 5.41) is 2.15. The lowest BCUT2D eigenvalue weighted by molar-refractivity contribution is -0.137. The van der Waals surface area contributed by atoms with Crippen molar-refractivity contribution in [3.63, 3.8) is 0 Å². The molecule has 0 aliphatic rings. The molecule has 0 bridgehead atoms. The van der Waals surface area contributed by atoms with E-state index in [-0.39, 0.29) is 6.61 Å². The molecular weight excluding hydrogens is 150 g/mol. The molecule has 0 amide bonds. The van der Waals surface area contributed by atoms with Crippen molar-refractivity contribution in [3.8, 4) is 0 Å². The van der Waals surface area contributed by atoms with E-state index in [0.29, 0.717) is 6.54 Å². The van der Waals surface area contributed by atoms with Crippen molar-refractivity contribution in [1.29, 1.82) is 0 Å². The summed E-state index contributed by atoms with van der Waals surface area (Å²) in [4.78, 5) is 13.9. The molecule has 0 radical (unpaired) electrons. The highest BCUT2D eigenvalue weighted by molar-refractivity contribution is 7.78. The summed E-state index contributed by atoms with van der Waals surface area (Å²) in [7, 11) is 0. The van der Waals surface area contributed by atoms with Gasteiger partial charge in [0.25, 0.3) is 0 Å². The molecule has 0 aliphatic carbocycles. The first-order valence-electron chi connectivity index (χ1n) is 2.64. The number of esters is 1. The molecule has 3 nitrogen and oxygen atoms in total. The average Bonchev–Trinajstić information content (AvgIpc) is 1.98. The Labute approximate surface area is 64.4 Å². The number of ether oxygens (including phenoxy) is 1. The minimum atomic E-state index is -0.445. The minimum absolute atomic E-state index is 0.231. The first kappa shape index (κ1) is 9.01. The van der Waals surface area contributed by atoms with E-state index in [0.717, 1.165) is 6.08 Å². The summed E-state index contributed by atoms with van der Waals surface area (Å²) in [5.74, 6) is -0.445. The number of hydrogen-bond acceptors (Lipinski definition) is 4. The molecule has 0 saturated heterocycles. The van der Waals surface area contributed by atoms with Gasteiger partial charge < -0.3 is 4.74 Å². The maximum Gasteiger partial charge on any atom is 0.330 e. The topological polar surface area (TPSA) is 38.7 Å². The van der Waals surface area contributed by atoms with Crippen molar-refractivity contribution in [2.75, 3.05) is 13.2 Å². The molecule has 0 fully saturated rings. The van der Waals surface area contributed by atoms with E-state index in [2.05, 4.69) is 33.7 Å². The van der Waals surface area contributed by atoms with Crippen LogP contribution in [-0.2, 0) is 9.53 Å². The second-order valence-corrected chi connectivity index (χ2v) is 1.53. The molecule has 0 rings (SSSR count). The van der Waals surface area contributed by atoms with Crippen LogP contribution in [0.5, 0.6) is 0 Å². The standard InChI is InChI=1S/C6H7NO2S/c1-2-6(8)9-4-3-7-5-10/h2H,1,3-4H2. The summed E-state index contributed by atoms with van der Waals surface area (Å²) in [6, 6.07) is 0. The number of aliphatic imine (C=N–C) groups is 1. The number of carbonyl (C=O) groups is 1. The van der Waals surface area contributed by atoms with E-state index in [1.54, 1.807) is 0 Å². The molecule has 0 aromatic rings. The third-order valence-electron chi connectivity index (χ3n) is 0.679. The van der Waals surface area contributed by atoms with Gasteiger partial charge in [0.2, 0.25) is 0 Å². The monoisotopic (exact) mass is 157 g/mol. The summed E-state index contributed by atoms with van der Waals surface area (Å²) < 4.78 is 4.56. The van der Waals surface area contributed by atoms with Gasteiger partial charge >= 0.3 is 5.97 Å². The van der Waals surface area contributed by atoms with Crippen LogP contribution in [0, 0.1) is 0 Å². The highest BCUT2D eigenvalue weighted by atomic mass is 32.1. The summed E-state index contributed by atoms with van der Waals surface area (Å²) in [6.45, 7) is 3.81. The van der Waals surface area contributed by atoms with Crippen molar-refractivity contribution < 1.29 is 9.53 Å². The third-order valence-corrected chi connectivity index (χ3v) is 0.808. The summed E-state index contributed by atoms with van der Waals surface area (Å²) in [5.41, 5.74) is 0. The lowest BCUT2D eigenvalue weighted by atomic mass is 10.6. The SMILES string of the molecule is C=CC(=O)OCCN=C=S. The molecule has 0 aromatic heterocycles. The molecule has 0 unspecified atom stereocenters. The molecular formula is C6H7NO2S. The molecule has 0 N–H and O–H groups in total. The lowest BCUT2D eigenvalue weighted by Crippen LogP contribution is -2.03. The Balaban J connectivity index is 3.27. The Morgan fingerprint density at radius 3 is 3.10 bits per heavy atom. The minimum Gasteiger partial charge on any atom is -0.461 e. The second-order valence-electron chi connectivity index (χ2n) is 1.34. The smallest absolute Gasteiger partial charge is 0.330 e. The number of thiocarbonyl (C=S) groups is 1. The third kappa shape index (κ3) is 5.15. The summed E-state index contributed by atoms with van der Waals surface area (Å²) in [6.07, 6.45) is 1.10. The summed E-state index contributed by atoms with van der Waals surface area (Å²) >= 11 is 4.28. The van der Waals surface area contributed by atoms with E-state index < -0.39 is 5.97 Å². The molecule has 0 heterocycles. The number of hydrogen-bond donors (Lipinski definition) is 0. The van der Waals surface area contributed by atoms with Crippen LogP contribution in [0.4, 0.5) is 0 Å². The maximum atomic E-state index is 10.3. The zero-order valence-electron chi connectivity index (χ0n) is 5.37. The van der Waals surface area contributed by atoms with Crippen molar-refractivity contribution in [2.24, 2.45) is 4.99 Å². The Morgan fingerprint density at radius 1 is 1.90 bits per heavy atom. The van der Waals surface area contributed by atoms with Crippen LogP contribution in [0.15, 0.2) is 17.6 Å². The van der Waals surface area contributed by atoms with Gasteiger partial charge in [-0.05, 0) is 12.2 Å². The first-order chi connectivity index (χ1) is 4.81. The van der Waals surface area contributed by atoms with Gasteiger partial charge in [0.1, 0.15) is 6.61 Å². The van der Waals surface area contributed by atoms with Crippen LogP contribution in [0.25, 0.3) is 0 Å². The van der Waals surface area contributed by atoms with Crippen LogP contribution in [0.2, 0.25) is 0 Å². The van der Waals surface area contributed by atoms with Crippen LogP contribution in [-0.4, -0.2) is 24.3 Å². The number of nitrogens with zero attached hydrogens (tertiary/aromatic N) is 1. The maximum absolute atomic E-state index is 10.3. The molecule has 4 heteroatoms. The van der Waals surface area contributed by atoms with Gasteiger partial charge in [-0.3, -0.25) is 0 Å². The van der Waals surface area contributed by atoms with E-state index >= 15 is 0 Å². The van der Waals surface area contributed by atoms with Gasteiger partial charge in [-0.25, -0.2) is 9.79 Å². The van der Waals surface area contributed by atoms with Crippen LogP contribution in [0.3, 0.4) is 0 Å². The Kier molecular flexibility index (Phi) is 5.53. The van der Waals surface area contributed by atoms with Crippen LogP contribution >= 0.6 is 12.2 Å². The van der Waals surface area contributed by atoms with Crippen molar-refractivity contribution in [1.82, 2.24) is 0 Å². The second kappa shape index (κ2) is 6.13. The normalized spacial score (nSPS) is 7.60. The van der Waals surface area contributed by atoms with Gasteiger partial charge in [0.15, 0.2) is 0 Å². The van der Waals surface area contributed by atoms with E-state index in [1.807, 2.05) is 0 Å². The quantitative estimate of drug-likeness (QED) is 0.199. The van der Waals surface area contributed by atoms with Crippen molar-refractivity contribution >= 4 is 23.3 Å². The van der Waals surface area contributed by atoms with Gasteiger partial charge in [0, 0.05) is 6.08 Å². The number of rotatable bonds is 4. The Hall–Kier alpha value is -0.990. The molecule has 0 aliphatic heterocycles. The van der Waals surface area contributed by atoms with Crippen molar-refractivity contribution in [3.05, 3.63) is 12.7 Å². The van der Waals surface area contributed by atoms with Gasteiger partial charge in [-0.1, -0.05) is 6.58 Å².